The van der Waals surface area contributed by atoms with Crippen LogP contribution < -0.4 is 5.32 Å². The first-order chi connectivity index (χ1) is 8.13. The van der Waals surface area contributed by atoms with Crippen LogP contribution in [0.15, 0.2) is 29.9 Å². The smallest absolute Gasteiger partial charge is 0.100 e. The Balaban J connectivity index is 2.28. The molecule has 0 saturated carbocycles. The Labute approximate surface area is 106 Å². The maximum atomic E-state index is 4.71. The molecule has 2 aromatic rings. The monoisotopic (exact) mass is 247 g/mol. The van der Waals surface area contributed by atoms with E-state index in [0.29, 0.717) is 0 Å². The van der Waals surface area contributed by atoms with E-state index in [0.717, 1.165) is 22.8 Å². The first-order valence-electron chi connectivity index (χ1n) is 5.64. The van der Waals surface area contributed by atoms with Crippen LogP contribution in [0.25, 0.3) is 11.3 Å². The summed E-state index contributed by atoms with van der Waals surface area (Å²) in [7, 11) is 1.97. The van der Waals surface area contributed by atoms with Crippen molar-refractivity contribution in [3.63, 3.8) is 0 Å². The maximum Gasteiger partial charge on any atom is 0.100 e. The lowest BCUT2D eigenvalue weighted by atomic mass is 9.94. The molecule has 0 aliphatic rings. The molecule has 90 valence electrons. The molecular weight excluding hydrogens is 230 g/mol. The summed E-state index contributed by atoms with van der Waals surface area (Å²) in [4.78, 5) is 8.83. The van der Waals surface area contributed by atoms with Crippen LogP contribution >= 0.6 is 11.3 Å². The Hall–Kier alpha value is -1.26. The number of hydrogen-bond acceptors (Lipinski definition) is 4. The number of aromatic nitrogens is 2. The van der Waals surface area contributed by atoms with Gasteiger partial charge in [0.05, 0.1) is 5.69 Å². The van der Waals surface area contributed by atoms with Crippen LogP contribution in [0.4, 0.5) is 0 Å². The van der Waals surface area contributed by atoms with Gasteiger partial charge < -0.3 is 5.32 Å². The van der Waals surface area contributed by atoms with Crippen LogP contribution in [-0.4, -0.2) is 23.6 Å². The SMILES string of the molecule is CNCC(C)(C)c1nc(-c2cccnc2)cs1. The molecule has 0 bridgehead atoms. The highest BCUT2D eigenvalue weighted by molar-refractivity contribution is 7.10. The van der Waals surface area contributed by atoms with Gasteiger partial charge in [-0.2, -0.15) is 0 Å². The fourth-order valence-corrected chi connectivity index (χ4v) is 2.70. The second kappa shape index (κ2) is 4.94. The Morgan fingerprint density at radius 1 is 1.41 bits per heavy atom. The van der Waals surface area contributed by atoms with Crippen molar-refractivity contribution in [2.75, 3.05) is 13.6 Å². The summed E-state index contributed by atoms with van der Waals surface area (Å²) in [6.07, 6.45) is 3.63. The summed E-state index contributed by atoms with van der Waals surface area (Å²) in [6, 6.07) is 3.98. The summed E-state index contributed by atoms with van der Waals surface area (Å²) < 4.78 is 0. The van der Waals surface area contributed by atoms with Gasteiger partial charge in [0, 0.05) is 35.3 Å². The van der Waals surface area contributed by atoms with E-state index in [9.17, 15) is 0 Å². The van der Waals surface area contributed by atoms with Gasteiger partial charge in [-0.05, 0) is 19.2 Å². The van der Waals surface area contributed by atoms with Crippen molar-refractivity contribution in [1.29, 1.82) is 0 Å². The molecule has 0 amide bonds. The minimum absolute atomic E-state index is 0.0693. The van der Waals surface area contributed by atoms with Gasteiger partial charge in [0.2, 0.25) is 0 Å². The molecular formula is C13H17N3S. The summed E-state index contributed by atoms with van der Waals surface area (Å²) in [5, 5.41) is 6.47. The third kappa shape index (κ3) is 2.70. The number of pyridine rings is 1. The molecule has 2 rings (SSSR count). The van der Waals surface area contributed by atoms with Crippen LogP contribution in [0.1, 0.15) is 18.9 Å². The lowest BCUT2D eigenvalue weighted by molar-refractivity contribution is 0.491. The Kier molecular flexibility index (Phi) is 3.54. The van der Waals surface area contributed by atoms with Gasteiger partial charge in [-0.1, -0.05) is 13.8 Å². The fraction of sp³-hybridized carbons (Fsp3) is 0.385. The van der Waals surface area contributed by atoms with E-state index in [1.54, 1.807) is 17.5 Å². The number of nitrogens with zero attached hydrogens (tertiary/aromatic N) is 2. The molecule has 2 heterocycles. The minimum atomic E-state index is 0.0693. The molecule has 0 spiro atoms. The molecule has 0 unspecified atom stereocenters. The zero-order valence-corrected chi connectivity index (χ0v) is 11.2. The van der Waals surface area contributed by atoms with Gasteiger partial charge in [0.1, 0.15) is 5.01 Å². The average molecular weight is 247 g/mol. The van der Waals surface area contributed by atoms with Crippen molar-refractivity contribution in [2.24, 2.45) is 0 Å². The van der Waals surface area contributed by atoms with Crippen molar-refractivity contribution in [2.45, 2.75) is 19.3 Å². The topological polar surface area (TPSA) is 37.8 Å². The van der Waals surface area contributed by atoms with E-state index in [4.69, 9.17) is 4.98 Å². The van der Waals surface area contributed by atoms with Gasteiger partial charge in [0.15, 0.2) is 0 Å². The number of likely N-dealkylation sites (N-methyl/N-ethyl adjacent to an activating group) is 1. The zero-order valence-electron chi connectivity index (χ0n) is 10.4. The van der Waals surface area contributed by atoms with Crippen LogP contribution in [0.5, 0.6) is 0 Å². The first kappa shape index (κ1) is 12.2. The Morgan fingerprint density at radius 2 is 2.24 bits per heavy atom. The van der Waals surface area contributed by atoms with Crippen molar-refractivity contribution in [3.8, 4) is 11.3 Å². The molecule has 4 heteroatoms. The second-order valence-electron chi connectivity index (χ2n) is 4.69. The molecule has 2 aromatic heterocycles. The van der Waals surface area contributed by atoms with E-state index >= 15 is 0 Å². The third-order valence-electron chi connectivity index (χ3n) is 2.66. The molecule has 0 aromatic carbocycles. The van der Waals surface area contributed by atoms with E-state index in [1.807, 2.05) is 25.4 Å². The predicted molar refractivity (Wildman–Crippen MR) is 72.3 cm³/mol. The van der Waals surface area contributed by atoms with E-state index in [-0.39, 0.29) is 5.41 Å². The minimum Gasteiger partial charge on any atom is -0.319 e. The van der Waals surface area contributed by atoms with E-state index in [1.165, 1.54) is 0 Å². The summed E-state index contributed by atoms with van der Waals surface area (Å²) in [6.45, 7) is 5.33. The molecule has 0 radical (unpaired) electrons. The second-order valence-corrected chi connectivity index (χ2v) is 5.55. The van der Waals surface area contributed by atoms with Gasteiger partial charge in [0.25, 0.3) is 0 Å². The average Bonchev–Trinajstić information content (AvgIpc) is 2.80. The normalized spacial score (nSPS) is 11.7. The predicted octanol–water partition coefficient (Wildman–Crippen LogP) is 2.70. The van der Waals surface area contributed by atoms with Crippen LogP contribution in [-0.2, 0) is 5.41 Å². The fourth-order valence-electron chi connectivity index (χ4n) is 1.75. The van der Waals surface area contributed by atoms with Crippen LogP contribution in [0.3, 0.4) is 0 Å². The van der Waals surface area contributed by atoms with Gasteiger partial charge in [-0.15, -0.1) is 11.3 Å². The Morgan fingerprint density at radius 3 is 2.88 bits per heavy atom. The van der Waals surface area contributed by atoms with Crippen molar-refractivity contribution < 1.29 is 0 Å². The molecule has 3 nitrogen and oxygen atoms in total. The number of thiazole rings is 1. The van der Waals surface area contributed by atoms with E-state index in [2.05, 4.69) is 29.5 Å². The summed E-state index contributed by atoms with van der Waals surface area (Å²) in [5.41, 5.74) is 2.16. The lowest BCUT2D eigenvalue weighted by Crippen LogP contribution is -2.30. The summed E-state index contributed by atoms with van der Waals surface area (Å²) >= 11 is 1.71. The highest BCUT2D eigenvalue weighted by atomic mass is 32.1. The molecule has 1 N–H and O–H groups in total. The Bertz CT molecular complexity index is 476. The largest absolute Gasteiger partial charge is 0.319 e. The van der Waals surface area contributed by atoms with Crippen LogP contribution in [0, 0.1) is 0 Å². The number of nitrogens with one attached hydrogen (secondary N) is 1. The third-order valence-corrected chi connectivity index (χ3v) is 3.87. The first-order valence-corrected chi connectivity index (χ1v) is 6.52. The van der Waals surface area contributed by atoms with Crippen molar-refractivity contribution in [3.05, 3.63) is 34.9 Å². The molecule has 0 saturated heterocycles. The molecule has 0 fully saturated rings. The molecule has 0 atom stereocenters. The van der Waals surface area contributed by atoms with Gasteiger partial charge >= 0.3 is 0 Å². The summed E-state index contributed by atoms with van der Waals surface area (Å²) in [5.74, 6) is 0. The molecule has 0 aliphatic carbocycles. The van der Waals surface area contributed by atoms with Crippen molar-refractivity contribution >= 4 is 11.3 Å². The molecule has 0 aliphatic heterocycles. The quantitative estimate of drug-likeness (QED) is 0.902. The maximum absolute atomic E-state index is 4.71. The van der Waals surface area contributed by atoms with E-state index < -0.39 is 0 Å². The standard InChI is InChI=1S/C13H17N3S/c1-13(2,9-14-3)12-16-11(8-17-12)10-5-4-6-15-7-10/h4-8,14H,9H2,1-3H3. The lowest BCUT2D eigenvalue weighted by Gasteiger charge is -2.20. The van der Waals surface area contributed by atoms with Gasteiger partial charge in [-0.3, -0.25) is 4.98 Å². The van der Waals surface area contributed by atoms with Gasteiger partial charge in [-0.25, -0.2) is 4.98 Å². The van der Waals surface area contributed by atoms with Crippen molar-refractivity contribution in [1.82, 2.24) is 15.3 Å². The highest BCUT2D eigenvalue weighted by Gasteiger charge is 2.23. The number of hydrogen-bond donors (Lipinski definition) is 1. The number of rotatable bonds is 4. The zero-order chi connectivity index (χ0) is 12.3. The molecule has 17 heavy (non-hydrogen) atoms. The van der Waals surface area contributed by atoms with Crippen LogP contribution in [0.2, 0.25) is 0 Å². The highest BCUT2D eigenvalue weighted by Crippen LogP contribution is 2.29.